The average molecular weight is 302 g/mol. The number of carbonyl (C=O) groups excluding carboxylic acids is 1. The van der Waals surface area contributed by atoms with Gasteiger partial charge in [0.2, 0.25) is 5.76 Å². The maximum absolute atomic E-state index is 11.7. The molecule has 0 unspecified atom stereocenters. The molecule has 17 heavy (non-hydrogen) atoms. The smallest absolute Gasteiger partial charge is 0.288 e. The summed E-state index contributed by atoms with van der Waals surface area (Å²) in [5.41, 5.74) is 0. The summed E-state index contributed by atoms with van der Waals surface area (Å²) < 4.78 is 5.78. The highest BCUT2D eigenvalue weighted by molar-refractivity contribution is 9.10. The Hall–Kier alpha value is -0.850. The van der Waals surface area contributed by atoms with Crippen LogP contribution in [0.25, 0.3) is 0 Å². The van der Waals surface area contributed by atoms with E-state index in [1.807, 2.05) is 0 Å². The molecule has 0 spiro atoms. The molecule has 2 N–H and O–H groups in total. The standard InChI is InChI=1S/C11H16BrN3O2/c12-9-1-8-17-10(9)11(16)14-4-7-15-5-2-13-3-6-15/h1,8,13H,2-7H2,(H,14,16). The van der Waals surface area contributed by atoms with Gasteiger partial charge < -0.3 is 15.1 Å². The lowest BCUT2D eigenvalue weighted by Crippen LogP contribution is -2.46. The lowest BCUT2D eigenvalue weighted by molar-refractivity contribution is 0.0918. The van der Waals surface area contributed by atoms with Gasteiger partial charge in [0.25, 0.3) is 5.91 Å². The summed E-state index contributed by atoms with van der Waals surface area (Å²) in [7, 11) is 0. The van der Waals surface area contributed by atoms with Crippen LogP contribution in [-0.4, -0.2) is 50.1 Å². The minimum Gasteiger partial charge on any atom is -0.458 e. The van der Waals surface area contributed by atoms with Crippen LogP contribution in [0.15, 0.2) is 21.2 Å². The van der Waals surface area contributed by atoms with Gasteiger partial charge in [-0.15, -0.1) is 0 Å². The summed E-state index contributed by atoms with van der Waals surface area (Å²) in [6.45, 7) is 5.66. The second-order valence-corrected chi connectivity index (χ2v) is 4.80. The van der Waals surface area contributed by atoms with E-state index in [9.17, 15) is 4.79 Å². The molecule has 2 heterocycles. The van der Waals surface area contributed by atoms with Crippen molar-refractivity contribution < 1.29 is 9.21 Å². The predicted molar refractivity (Wildman–Crippen MR) is 68.1 cm³/mol. The summed E-state index contributed by atoms with van der Waals surface area (Å²) in [5, 5.41) is 6.14. The van der Waals surface area contributed by atoms with Gasteiger partial charge in [-0.1, -0.05) is 0 Å². The van der Waals surface area contributed by atoms with Gasteiger partial charge in [-0.3, -0.25) is 9.69 Å². The average Bonchev–Trinajstić information content (AvgIpc) is 2.77. The molecule has 1 amide bonds. The first kappa shape index (κ1) is 12.6. The fraction of sp³-hybridized carbons (Fsp3) is 0.545. The van der Waals surface area contributed by atoms with Gasteiger partial charge in [-0.25, -0.2) is 0 Å². The number of hydrogen-bond donors (Lipinski definition) is 2. The Bertz CT molecular complexity index is 375. The van der Waals surface area contributed by atoms with E-state index in [4.69, 9.17) is 4.42 Å². The van der Waals surface area contributed by atoms with E-state index in [0.717, 1.165) is 32.7 Å². The van der Waals surface area contributed by atoms with Gasteiger partial charge >= 0.3 is 0 Å². The van der Waals surface area contributed by atoms with Crippen molar-refractivity contribution in [3.8, 4) is 0 Å². The predicted octanol–water partition coefficient (Wildman–Crippen LogP) is 0.677. The van der Waals surface area contributed by atoms with Crippen LogP contribution in [0.5, 0.6) is 0 Å². The van der Waals surface area contributed by atoms with E-state index in [-0.39, 0.29) is 5.91 Å². The first-order valence-electron chi connectivity index (χ1n) is 5.71. The Morgan fingerprint density at radius 1 is 1.53 bits per heavy atom. The number of piperazine rings is 1. The summed E-state index contributed by atoms with van der Waals surface area (Å²) in [6.07, 6.45) is 1.50. The minimum atomic E-state index is -0.169. The molecular formula is C11H16BrN3O2. The molecule has 0 aromatic carbocycles. The van der Waals surface area contributed by atoms with Gasteiger partial charge in [-0.2, -0.15) is 0 Å². The highest BCUT2D eigenvalue weighted by Crippen LogP contribution is 2.16. The van der Waals surface area contributed by atoms with Crippen LogP contribution in [0, 0.1) is 0 Å². The number of nitrogens with one attached hydrogen (secondary N) is 2. The molecule has 1 aromatic heterocycles. The molecule has 0 radical (unpaired) electrons. The molecule has 5 nitrogen and oxygen atoms in total. The molecule has 2 rings (SSSR count). The zero-order valence-corrected chi connectivity index (χ0v) is 11.1. The van der Waals surface area contributed by atoms with E-state index in [0.29, 0.717) is 16.8 Å². The van der Waals surface area contributed by atoms with Gasteiger partial charge in [0.15, 0.2) is 0 Å². The maximum atomic E-state index is 11.7. The highest BCUT2D eigenvalue weighted by atomic mass is 79.9. The van der Waals surface area contributed by atoms with E-state index in [1.54, 1.807) is 6.07 Å². The van der Waals surface area contributed by atoms with Gasteiger partial charge in [-0.05, 0) is 22.0 Å². The third-order valence-corrected chi connectivity index (χ3v) is 3.37. The molecule has 0 atom stereocenters. The Kier molecular flexibility index (Phi) is 4.58. The number of halogens is 1. The van der Waals surface area contributed by atoms with E-state index >= 15 is 0 Å². The second-order valence-electron chi connectivity index (χ2n) is 3.95. The molecule has 0 bridgehead atoms. The van der Waals surface area contributed by atoms with Crippen molar-refractivity contribution in [2.75, 3.05) is 39.3 Å². The zero-order valence-electron chi connectivity index (χ0n) is 9.54. The van der Waals surface area contributed by atoms with Gasteiger partial charge in [0.1, 0.15) is 0 Å². The zero-order chi connectivity index (χ0) is 12.1. The van der Waals surface area contributed by atoms with Crippen LogP contribution in [-0.2, 0) is 0 Å². The van der Waals surface area contributed by atoms with Crippen molar-refractivity contribution in [2.24, 2.45) is 0 Å². The lowest BCUT2D eigenvalue weighted by Gasteiger charge is -2.26. The van der Waals surface area contributed by atoms with Gasteiger partial charge in [0, 0.05) is 39.3 Å². The quantitative estimate of drug-likeness (QED) is 0.859. The number of carbonyl (C=O) groups is 1. The van der Waals surface area contributed by atoms with Crippen molar-refractivity contribution >= 4 is 21.8 Å². The molecular weight excluding hydrogens is 286 g/mol. The first-order valence-corrected chi connectivity index (χ1v) is 6.51. The van der Waals surface area contributed by atoms with Crippen molar-refractivity contribution in [3.63, 3.8) is 0 Å². The molecule has 6 heteroatoms. The number of amides is 1. The monoisotopic (exact) mass is 301 g/mol. The number of rotatable bonds is 4. The molecule has 94 valence electrons. The van der Waals surface area contributed by atoms with Crippen molar-refractivity contribution in [1.29, 1.82) is 0 Å². The largest absolute Gasteiger partial charge is 0.458 e. The normalized spacial score (nSPS) is 17.0. The van der Waals surface area contributed by atoms with Gasteiger partial charge in [0.05, 0.1) is 10.7 Å². The van der Waals surface area contributed by atoms with Crippen LogP contribution in [0.1, 0.15) is 10.6 Å². The first-order chi connectivity index (χ1) is 8.27. The Labute approximate surface area is 109 Å². The van der Waals surface area contributed by atoms with Crippen LogP contribution < -0.4 is 10.6 Å². The third-order valence-electron chi connectivity index (χ3n) is 2.75. The lowest BCUT2D eigenvalue weighted by atomic mass is 10.3. The topological polar surface area (TPSA) is 57.5 Å². The third kappa shape index (κ3) is 3.55. The highest BCUT2D eigenvalue weighted by Gasteiger charge is 2.14. The molecule has 1 saturated heterocycles. The molecule has 1 fully saturated rings. The summed E-state index contributed by atoms with van der Waals surface area (Å²) in [4.78, 5) is 14.0. The molecule has 0 aliphatic carbocycles. The van der Waals surface area contributed by atoms with E-state index in [2.05, 4.69) is 31.5 Å². The number of furan rings is 1. The van der Waals surface area contributed by atoms with E-state index < -0.39 is 0 Å². The van der Waals surface area contributed by atoms with E-state index in [1.165, 1.54) is 6.26 Å². The fourth-order valence-corrected chi connectivity index (χ4v) is 2.18. The maximum Gasteiger partial charge on any atom is 0.288 e. The summed E-state index contributed by atoms with van der Waals surface area (Å²) >= 11 is 3.26. The SMILES string of the molecule is O=C(NCCN1CCNCC1)c1occc1Br. The Morgan fingerprint density at radius 2 is 2.29 bits per heavy atom. The van der Waals surface area contributed by atoms with Crippen LogP contribution >= 0.6 is 15.9 Å². The fourth-order valence-electron chi connectivity index (χ4n) is 1.80. The van der Waals surface area contributed by atoms with Crippen molar-refractivity contribution in [2.45, 2.75) is 0 Å². The molecule has 1 aliphatic rings. The van der Waals surface area contributed by atoms with Crippen molar-refractivity contribution in [3.05, 3.63) is 22.6 Å². The molecule has 1 aromatic rings. The van der Waals surface area contributed by atoms with Crippen molar-refractivity contribution in [1.82, 2.24) is 15.5 Å². The summed E-state index contributed by atoms with van der Waals surface area (Å²) in [6, 6.07) is 1.71. The Balaban J connectivity index is 1.71. The minimum absolute atomic E-state index is 0.169. The second kappa shape index (κ2) is 6.18. The molecule has 1 aliphatic heterocycles. The number of nitrogens with zero attached hydrogens (tertiary/aromatic N) is 1. The molecule has 0 saturated carbocycles. The van der Waals surface area contributed by atoms with Crippen LogP contribution in [0.2, 0.25) is 0 Å². The number of hydrogen-bond acceptors (Lipinski definition) is 4. The Morgan fingerprint density at radius 3 is 2.94 bits per heavy atom. The summed E-state index contributed by atoms with van der Waals surface area (Å²) in [5.74, 6) is 0.169. The van der Waals surface area contributed by atoms with Crippen LogP contribution in [0.4, 0.5) is 0 Å². The van der Waals surface area contributed by atoms with Crippen LogP contribution in [0.3, 0.4) is 0 Å².